The zero-order valence-electron chi connectivity index (χ0n) is 14.4. The van der Waals surface area contributed by atoms with Gasteiger partial charge in [-0.1, -0.05) is 6.92 Å². The molecule has 1 fully saturated rings. The van der Waals surface area contributed by atoms with Crippen LogP contribution >= 0.6 is 11.8 Å². The molecule has 2 heterocycles. The van der Waals surface area contributed by atoms with Gasteiger partial charge in [-0.2, -0.15) is 0 Å². The number of aliphatic hydroxyl groups excluding tert-OH is 1. The molecule has 0 spiro atoms. The summed E-state index contributed by atoms with van der Waals surface area (Å²) in [6.07, 6.45) is -0.841. The molecule has 1 amide bonds. The quantitative estimate of drug-likeness (QED) is 0.563. The Labute approximate surface area is 145 Å². The highest BCUT2D eigenvalue weighted by atomic mass is 32.2. The van der Waals surface area contributed by atoms with E-state index in [1.54, 1.807) is 20.8 Å². The van der Waals surface area contributed by atoms with Crippen LogP contribution in [-0.4, -0.2) is 56.5 Å². The predicted molar refractivity (Wildman–Crippen MR) is 87.9 cm³/mol. The molecule has 2 rings (SSSR count). The van der Waals surface area contributed by atoms with Crippen molar-refractivity contribution in [1.29, 1.82) is 0 Å². The van der Waals surface area contributed by atoms with E-state index < -0.39 is 29.6 Å². The van der Waals surface area contributed by atoms with Gasteiger partial charge in [0.05, 0.1) is 23.8 Å². The normalized spacial score (nSPS) is 27.7. The Kier molecular flexibility index (Phi) is 5.01. The number of esters is 1. The summed E-state index contributed by atoms with van der Waals surface area (Å²) in [5, 5.41) is 19.2. The van der Waals surface area contributed by atoms with E-state index in [4.69, 9.17) is 4.74 Å². The molecule has 2 aliphatic rings. The number of ether oxygens (including phenoxy) is 1. The van der Waals surface area contributed by atoms with Gasteiger partial charge in [0.15, 0.2) is 0 Å². The number of hydrogen-bond acceptors (Lipinski definition) is 6. The monoisotopic (exact) mass is 357 g/mol. The molecule has 7 nitrogen and oxygen atoms in total. The molecule has 2 aliphatic heterocycles. The van der Waals surface area contributed by atoms with Gasteiger partial charge in [0, 0.05) is 10.8 Å². The van der Waals surface area contributed by atoms with Gasteiger partial charge >= 0.3 is 11.9 Å². The van der Waals surface area contributed by atoms with Crippen LogP contribution < -0.4 is 0 Å². The highest BCUT2D eigenvalue weighted by Gasteiger charge is 2.60. The lowest BCUT2D eigenvalue weighted by molar-refractivity contribution is -0.163. The molecular weight excluding hydrogens is 334 g/mol. The predicted octanol–water partition coefficient (Wildman–Crippen LogP) is 1.21. The minimum absolute atomic E-state index is 0.0260. The number of fused-ring (bicyclic) bond motifs is 1. The highest BCUT2D eigenvalue weighted by molar-refractivity contribution is 8.03. The second-order valence-electron chi connectivity index (χ2n) is 7.15. The zero-order chi connectivity index (χ0) is 18.4. The summed E-state index contributed by atoms with van der Waals surface area (Å²) < 4.78 is 5.23. The van der Waals surface area contributed by atoms with Crippen LogP contribution in [0.15, 0.2) is 10.6 Å². The minimum Gasteiger partial charge on any atom is -0.477 e. The van der Waals surface area contributed by atoms with Crippen LogP contribution in [0, 0.1) is 11.8 Å². The second-order valence-corrected chi connectivity index (χ2v) is 8.16. The molecule has 134 valence electrons. The maximum Gasteiger partial charge on any atom is 0.353 e. The Morgan fingerprint density at radius 3 is 2.42 bits per heavy atom. The van der Waals surface area contributed by atoms with Gasteiger partial charge in [0.1, 0.15) is 11.3 Å². The zero-order valence-corrected chi connectivity index (χ0v) is 15.2. The number of hydrogen-bond donors (Lipinski definition) is 2. The summed E-state index contributed by atoms with van der Waals surface area (Å²) in [4.78, 5) is 37.4. The lowest BCUT2D eigenvalue weighted by atomic mass is 9.79. The van der Waals surface area contributed by atoms with Crippen molar-refractivity contribution in [3.05, 3.63) is 10.6 Å². The average molecular weight is 357 g/mol. The fraction of sp³-hybridized carbons (Fsp3) is 0.688. The first kappa shape index (κ1) is 18.8. The van der Waals surface area contributed by atoms with E-state index in [2.05, 4.69) is 0 Å². The summed E-state index contributed by atoms with van der Waals surface area (Å²) in [6, 6.07) is -0.371. The van der Waals surface area contributed by atoms with Crippen molar-refractivity contribution < 1.29 is 29.3 Å². The van der Waals surface area contributed by atoms with E-state index >= 15 is 0 Å². The van der Waals surface area contributed by atoms with Gasteiger partial charge in [-0.25, -0.2) is 4.79 Å². The van der Waals surface area contributed by atoms with Crippen molar-refractivity contribution in [3.8, 4) is 0 Å². The topological polar surface area (TPSA) is 104 Å². The molecule has 0 saturated carbocycles. The van der Waals surface area contributed by atoms with Crippen molar-refractivity contribution in [2.75, 3.05) is 5.75 Å². The minimum atomic E-state index is -1.20. The molecule has 0 unspecified atom stereocenters. The van der Waals surface area contributed by atoms with E-state index in [0.717, 1.165) is 11.8 Å². The van der Waals surface area contributed by atoms with Crippen molar-refractivity contribution in [2.45, 2.75) is 52.4 Å². The molecule has 0 aromatic carbocycles. The smallest absolute Gasteiger partial charge is 0.353 e. The van der Waals surface area contributed by atoms with Crippen LogP contribution in [0.5, 0.6) is 0 Å². The summed E-state index contributed by atoms with van der Waals surface area (Å²) >= 11 is 1.09. The third-order valence-corrected chi connectivity index (χ3v) is 5.33. The van der Waals surface area contributed by atoms with Gasteiger partial charge in [0.2, 0.25) is 5.91 Å². The number of carboxylic acids is 1. The highest BCUT2D eigenvalue weighted by Crippen LogP contribution is 2.50. The van der Waals surface area contributed by atoms with Crippen LogP contribution in [0.4, 0.5) is 0 Å². The largest absolute Gasteiger partial charge is 0.477 e. The maximum atomic E-state index is 12.2. The van der Waals surface area contributed by atoms with E-state index in [9.17, 15) is 24.6 Å². The Morgan fingerprint density at radius 1 is 1.38 bits per heavy atom. The molecule has 0 aromatic rings. The fourth-order valence-corrected chi connectivity index (χ4v) is 4.28. The third kappa shape index (κ3) is 3.30. The van der Waals surface area contributed by atoms with E-state index in [1.165, 1.54) is 11.8 Å². The SMILES string of the molecule is C[C@@H](O)[C@H]1C(=O)N2C(C(=O)O)=C(SCC(=O)OC(C)(C)C)[C@H](C)[C@H]12. The Bertz CT molecular complexity index is 606. The van der Waals surface area contributed by atoms with Gasteiger partial charge in [-0.15, -0.1) is 11.8 Å². The average Bonchev–Trinajstić information content (AvgIpc) is 2.63. The maximum absolute atomic E-state index is 12.2. The lowest BCUT2D eigenvalue weighted by Crippen LogP contribution is -2.63. The number of carboxylic acid groups (broad SMARTS) is 1. The number of β-lactam (4-membered cyclic amide) rings is 1. The number of carbonyl (C=O) groups excluding carboxylic acids is 2. The molecule has 4 atom stereocenters. The fourth-order valence-electron chi connectivity index (χ4n) is 3.22. The molecule has 0 aromatic heterocycles. The van der Waals surface area contributed by atoms with Gasteiger partial charge in [0.25, 0.3) is 0 Å². The molecule has 0 radical (unpaired) electrons. The number of thioether (sulfide) groups is 1. The third-order valence-electron chi connectivity index (χ3n) is 4.08. The van der Waals surface area contributed by atoms with E-state index in [1.807, 2.05) is 6.92 Å². The van der Waals surface area contributed by atoms with Crippen molar-refractivity contribution >= 4 is 29.6 Å². The van der Waals surface area contributed by atoms with Gasteiger partial charge in [-0.3, -0.25) is 9.59 Å². The molecular formula is C16H23NO6S. The van der Waals surface area contributed by atoms with E-state index in [-0.39, 0.29) is 29.3 Å². The Balaban J connectivity index is 2.18. The van der Waals surface area contributed by atoms with Crippen LogP contribution in [0.2, 0.25) is 0 Å². The standard InChI is InChI=1S/C16H23NO6S/c1-7-11-10(8(2)18)14(20)17(11)12(15(21)22)13(7)24-6-9(19)23-16(3,4)5/h7-8,10-11,18H,6H2,1-5H3,(H,21,22)/t7-,8-,10-,11-/m1/s1. The summed E-state index contributed by atoms with van der Waals surface area (Å²) in [5.41, 5.74) is -0.693. The number of rotatable bonds is 5. The number of aliphatic carboxylic acids is 1. The van der Waals surface area contributed by atoms with Crippen LogP contribution in [0.1, 0.15) is 34.6 Å². The Morgan fingerprint density at radius 2 is 1.96 bits per heavy atom. The van der Waals surface area contributed by atoms with Crippen LogP contribution in [-0.2, 0) is 19.1 Å². The summed E-state index contributed by atoms with van der Waals surface area (Å²) in [6.45, 7) is 8.61. The van der Waals surface area contributed by atoms with Gasteiger partial charge < -0.3 is 19.8 Å². The van der Waals surface area contributed by atoms with Crippen LogP contribution in [0.25, 0.3) is 0 Å². The summed E-state index contributed by atoms with van der Waals surface area (Å²) in [5.74, 6) is -2.90. The molecule has 24 heavy (non-hydrogen) atoms. The molecule has 0 aliphatic carbocycles. The number of amides is 1. The van der Waals surface area contributed by atoms with Crippen molar-refractivity contribution in [1.82, 2.24) is 4.90 Å². The van der Waals surface area contributed by atoms with Gasteiger partial charge in [-0.05, 0) is 27.7 Å². The Hall–Kier alpha value is -1.54. The number of aliphatic hydroxyl groups is 1. The van der Waals surface area contributed by atoms with Crippen molar-refractivity contribution in [3.63, 3.8) is 0 Å². The molecule has 2 N–H and O–H groups in total. The second kappa shape index (κ2) is 6.40. The van der Waals surface area contributed by atoms with E-state index in [0.29, 0.717) is 4.91 Å². The first-order chi connectivity index (χ1) is 11.0. The van der Waals surface area contributed by atoms with Crippen molar-refractivity contribution in [2.24, 2.45) is 11.8 Å². The first-order valence-corrected chi connectivity index (χ1v) is 8.77. The number of carbonyl (C=O) groups is 3. The molecule has 1 saturated heterocycles. The molecule has 8 heteroatoms. The lowest BCUT2D eigenvalue weighted by Gasteiger charge is -2.46. The van der Waals surface area contributed by atoms with Crippen LogP contribution in [0.3, 0.4) is 0 Å². The molecule has 0 bridgehead atoms. The first-order valence-electron chi connectivity index (χ1n) is 7.79. The number of nitrogens with zero attached hydrogens (tertiary/aromatic N) is 1. The summed E-state index contributed by atoms with van der Waals surface area (Å²) in [7, 11) is 0.